The van der Waals surface area contributed by atoms with Crippen molar-refractivity contribution in [1.82, 2.24) is 0 Å². The molecule has 0 fully saturated rings. The molecule has 0 amide bonds. The Labute approximate surface area is 59.4 Å². The van der Waals surface area contributed by atoms with E-state index in [0.717, 1.165) is 0 Å². The third-order valence-electron chi connectivity index (χ3n) is 1.04. The quantitative estimate of drug-likeness (QED) is 0.612. The molecule has 1 atom stereocenters. The third-order valence-corrected chi connectivity index (χ3v) is 1.04. The highest BCUT2D eigenvalue weighted by Crippen LogP contribution is 2.10. The second kappa shape index (κ2) is 3.20. The summed E-state index contributed by atoms with van der Waals surface area (Å²) in [6.07, 6.45) is -1.23. The first-order valence-corrected chi connectivity index (χ1v) is 3.15. The second-order valence-electron chi connectivity index (χ2n) is 1.97. The first-order chi connectivity index (χ1) is 4.79. The molecule has 0 heterocycles. The Balaban J connectivity index is 2.59. The van der Waals surface area contributed by atoms with E-state index in [9.17, 15) is 4.39 Å². The van der Waals surface area contributed by atoms with Crippen LogP contribution in [0.15, 0.2) is 30.3 Å². The van der Waals surface area contributed by atoms with Gasteiger partial charge in [0, 0.05) is 6.92 Å². The van der Waals surface area contributed by atoms with Crippen LogP contribution in [0.3, 0.4) is 0 Å². The molecule has 0 aliphatic rings. The Morgan fingerprint density at radius 1 is 1.30 bits per heavy atom. The molecule has 0 radical (unpaired) electrons. The summed E-state index contributed by atoms with van der Waals surface area (Å²) in [6, 6.07) is 8.90. The van der Waals surface area contributed by atoms with Crippen molar-refractivity contribution in [3.05, 3.63) is 30.3 Å². The SMILES string of the molecule is C[C@@H](F)Oc1ccccc1. The molecule has 0 saturated carbocycles. The average molecular weight is 140 g/mol. The predicted octanol–water partition coefficient (Wildman–Crippen LogP) is 2.38. The van der Waals surface area contributed by atoms with Crippen LogP contribution in [0.5, 0.6) is 5.75 Å². The second-order valence-corrected chi connectivity index (χ2v) is 1.97. The Morgan fingerprint density at radius 3 is 2.40 bits per heavy atom. The molecule has 1 rings (SSSR count). The van der Waals surface area contributed by atoms with Gasteiger partial charge in [-0.2, -0.15) is 0 Å². The van der Waals surface area contributed by atoms with E-state index in [1.54, 1.807) is 24.3 Å². The topological polar surface area (TPSA) is 9.23 Å². The fraction of sp³-hybridized carbons (Fsp3) is 0.250. The van der Waals surface area contributed by atoms with Crippen molar-refractivity contribution >= 4 is 0 Å². The Bertz CT molecular complexity index is 184. The molecule has 0 bridgehead atoms. The molecular weight excluding hydrogens is 131 g/mol. The van der Waals surface area contributed by atoms with Crippen LogP contribution in [0.1, 0.15) is 6.92 Å². The Hall–Kier alpha value is -1.05. The van der Waals surface area contributed by atoms with E-state index in [4.69, 9.17) is 4.74 Å². The normalized spacial score (nSPS) is 12.6. The fourth-order valence-corrected chi connectivity index (χ4v) is 0.687. The minimum absolute atomic E-state index is 0.567. The van der Waals surface area contributed by atoms with Gasteiger partial charge >= 0.3 is 0 Å². The maximum atomic E-state index is 12.2. The summed E-state index contributed by atoms with van der Waals surface area (Å²) in [7, 11) is 0. The first-order valence-electron chi connectivity index (χ1n) is 3.15. The van der Waals surface area contributed by atoms with Crippen LogP contribution in [0.4, 0.5) is 4.39 Å². The number of para-hydroxylation sites is 1. The van der Waals surface area contributed by atoms with Gasteiger partial charge in [-0.25, -0.2) is 4.39 Å². The number of halogens is 1. The van der Waals surface area contributed by atoms with Crippen molar-refractivity contribution in [2.75, 3.05) is 0 Å². The lowest BCUT2D eigenvalue weighted by Crippen LogP contribution is -2.02. The van der Waals surface area contributed by atoms with Gasteiger partial charge < -0.3 is 4.74 Å². The lowest BCUT2D eigenvalue weighted by atomic mass is 10.3. The van der Waals surface area contributed by atoms with E-state index < -0.39 is 6.36 Å². The van der Waals surface area contributed by atoms with Gasteiger partial charge in [-0.3, -0.25) is 0 Å². The smallest absolute Gasteiger partial charge is 0.235 e. The molecule has 1 aromatic rings. The number of ether oxygens (including phenoxy) is 1. The molecule has 0 aliphatic carbocycles. The summed E-state index contributed by atoms with van der Waals surface area (Å²) in [4.78, 5) is 0. The highest BCUT2D eigenvalue weighted by Gasteiger charge is 1.96. The van der Waals surface area contributed by atoms with Gasteiger partial charge in [0.05, 0.1) is 0 Å². The number of hydrogen-bond acceptors (Lipinski definition) is 1. The number of rotatable bonds is 2. The summed E-state index contributed by atoms with van der Waals surface area (Å²) in [5.74, 6) is 0.567. The van der Waals surface area contributed by atoms with Crippen molar-refractivity contribution in [2.45, 2.75) is 13.3 Å². The van der Waals surface area contributed by atoms with E-state index in [0.29, 0.717) is 5.75 Å². The van der Waals surface area contributed by atoms with Crippen molar-refractivity contribution in [2.24, 2.45) is 0 Å². The fourth-order valence-electron chi connectivity index (χ4n) is 0.687. The van der Waals surface area contributed by atoms with Crippen LogP contribution < -0.4 is 4.74 Å². The Morgan fingerprint density at radius 2 is 1.90 bits per heavy atom. The molecular formula is C8H9FO. The highest BCUT2D eigenvalue weighted by atomic mass is 19.1. The average Bonchev–Trinajstić information content (AvgIpc) is 1.88. The lowest BCUT2D eigenvalue weighted by molar-refractivity contribution is 0.0860. The van der Waals surface area contributed by atoms with Crippen molar-refractivity contribution in [3.8, 4) is 5.75 Å². The predicted molar refractivity (Wildman–Crippen MR) is 37.6 cm³/mol. The third kappa shape index (κ3) is 2.05. The van der Waals surface area contributed by atoms with Crippen LogP contribution in [0, 0.1) is 0 Å². The van der Waals surface area contributed by atoms with E-state index in [1.807, 2.05) is 6.07 Å². The molecule has 0 unspecified atom stereocenters. The molecule has 2 heteroatoms. The zero-order valence-corrected chi connectivity index (χ0v) is 5.75. The maximum Gasteiger partial charge on any atom is 0.235 e. The molecule has 1 nitrogen and oxygen atoms in total. The minimum atomic E-state index is -1.23. The van der Waals surface area contributed by atoms with Crippen LogP contribution in [0.25, 0.3) is 0 Å². The standard InChI is InChI=1S/C8H9FO/c1-7(9)10-8-5-3-2-4-6-8/h2-7H,1H3/t7-/m0/s1. The van der Waals surface area contributed by atoms with Gasteiger partial charge in [-0.05, 0) is 12.1 Å². The highest BCUT2D eigenvalue weighted by molar-refractivity contribution is 5.20. The van der Waals surface area contributed by atoms with E-state index >= 15 is 0 Å². The molecule has 1 aromatic carbocycles. The zero-order valence-electron chi connectivity index (χ0n) is 5.75. The van der Waals surface area contributed by atoms with Gasteiger partial charge in [0.2, 0.25) is 6.36 Å². The van der Waals surface area contributed by atoms with Gasteiger partial charge in [0.15, 0.2) is 0 Å². The summed E-state index contributed by atoms with van der Waals surface area (Å²) < 4.78 is 16.9. The molecule has 10 heavy (non-hydrogen) atoms. The molecule has 0 N–H and O–H groups in total. The van der Waals surface area contributed by atoms with Gasteiger partial charge in [-0.1, -0.05) is 18.2 Å². The molecule has 0 aliphatic heterocycles. The van der Waals surface area contributed by atoms with Crippen molar-refractivity contribution < 1.29 is 9.13 Å². The number of benzene rings is 1. The summed E-state index contributed by atoms with van der Waals surface area (Å²) >= 11 is 0. The molecule has 0 aromatic heterocycles. The van der Waals surface area contributed by atoms with Gasteiger partial charge in [-0.15, -0.1) is 0 Å². The lowest BCUT2D eigenvalue weighted by Gasteiger charge is -2.04. The van der Waals surface area contributed by atoms with Crippen LogP contribution in [-0.2, 0) is 0 Å². The van der Waals surface area contributed by atoms with E-state index in [-0.39, 0.29) is 0 Å². The molecule has 0 spiro atoms. The van der Waals surface area contributed by atoms with Gasteiger partial charge in [0.25, 0.3) is 0 Å². The van der Waals surface area contributed by atoms with Crippen LogP contribution in [-0.4, -0.2) is 6.36 Å². The number of alkyl halides is 1. The zero-order chi connectivity index (χ0) is 7.40. The van der Waals surface area contributed by atoms with Crippen LogP contribution >= 0.6 is 0 Å². The van der Waals surface area contributed by atoms with E-state index in [2.05, 4.69) is 0 Å². The summed E-state index contributed by atoms with van der Waals surface area (Å²) in [5.41, 5.74) is 0. The van der Waals surface area contributed by atoms with Gasteiger partial charge in [0.1, 0.15) is 5.75 Å². The molecule has 54 valence electrons. The maximum absolute atomic E-state index is 12.2. The van der Waals surface area contributed by atoms with Crippen LogP contribution in [0.2, 0.25) is 0 Å². The molecule has 0 saturated heterocycles. The van der Waals surface area contributed by atoms with Crippen molar-refractivity contribution in [1.29, 1.82) is 0 Å². The largest absolute Gasteiger partial charge is 0.461 e. The number of hydrogen-bond donors (Lipinski definition) is 0. The summed E-state index contributed by atoms with van der Waals surface area (Å²) in [6.45, 7) is 1.35. The summed E-state index contributed by atoms with van der Waals surface area (Å²) in [5, 5.41) is 0. The van der Waals surface area contributed by atoms with E-state index in [1.165, 1.54) is 6.92 Å². The monoisotopic (exact) mass is 140 g/mol. The van der Waals surface area contributed by atoms with Crippen molar-refractivity contribution in [3.63, 3.8) is 0 Å². The first kappa shape index (κ1) is 7.06. The minimum Gasteiger partial charge on any atom is -0.461 e. The Kier molecular flexibility index (Phi) is 2.26.